The van der Waals surface area contributed by atoms with Gasteiger partial charge in [0.1, 0.15) is 0 Å². The molecule has 0 bridgehead atoms. The van der Waals surface area contributed by atoms with Crippen molar-refractivity contribution < 1.29 is 4.79 Å². The van der Waals surface area contributed by atoms with Crippen LogP contribution in [0, 0.1) is 11.8 Å². The summed E-state index contributed by atoms with van der Waals surface area (Å²) in [5, 5.41) is 3.97. The second-order valence-corrected chi connectivity index (χ2v) is 4.82. The number of carbonyl (C=O) groups excluding carboxylic acids is 1. The van der Waals surface area contributed by atoms with Gasteiger partial charge in [0.15, 0.2) is 0 Å². The average Bonchev–Trinajstić information content (AvgIpc) is 2.73. The van der Waals surface area contributed by atoms with Crippen LogP contribution in [-0.4, -0.2) is 17.4 Å². The van der Waals surface area contributed by atoms with E-state index < -0.39 is 0 Å². The highest BCUT2D eigenvalue weighted by atomic mass is 16.1. The van der Waals surface area contributed by atoms with E-state index in [1.807, 2.05) is 44.3 Å². The van der Waals surface area contributed by atoms with Crippen LogP contribution in [0.5, 0.6) is 0 Å². The van der Waals surface area contributed by atoms with E-state index in [1.54, 1.807) is 0 Å². The molecule has 1 aromatic carbocycles. The molecule has 0 aliphatic heterocycles. The van der Waals surface area contributed by atoms with Crippen molar-refractivity contribution in [2.75, 3.05) is 11.9 Å². The third-order valence-electron chi connectivity index (χ3n) is 3.24. The number of amides is 1. The summed E-state index contributed by atoms with van der Waals surface area (Å²) in [5.41, 5.74) is 7.48. The van der Waals surface area contributed by atoms with Crippen LogP contribution in [0.1, 0.15) is 13.8 Å². The minimum absolute atomic E-state index is 0.0164. The molecule has 0 aliphatic rings. The quantitative estimate of drug-likeness (QED) is 0.773. The van der Waals surface area contributed by atoms with E-state index in [9.17, 15) is 4.79 Å². The first-order chi connectivity index (χ1) is 8.63. The second kappa shape index (κ2) is 5.23. The molecular weight excluding hydrogens is 226 g/mol. The molecule has 0 aliphatic carbocycles. The Labute approximate surface area is 107 Å². The summed E-state index contributed by atoms with van der Waals surface area (Å²) in [6.07, 6.45) is 1.82. The molecule has 0 radical (unpaired) electrons. The van der Waals surface area contributed by atoms with E-state index in [1.165, 1.54) is 0 Å². The van der Waals surface area contributed by atoms with Gasteiger partial charge in [0.25, 0.3) is 0 Å². The van der Waals surface area contributed by atoms with Gasteiger partial charge in [-0.3, -0.25) is 4.79 Å². The molecule has 1 unspecified atom stereocenters. The maximum atomic E-state index is 12.1. The molecule has 1 aromatic heterocycles. The summed E-state index contributed by atoms with van der Waals surface area (Å²) >= 11 is 0. The van der Waals surface area contributed by atoms with Crippen molar-refractivity contribution in [3.63, 3.8) is 0 Å². The minimum atomic E-state index is -0.154. The van der Waals surface area contributed by atoms with Crippen LogP contribution in [0.4, 0.5) is 5.69 Å². The second-order valence-electron chi connectivity index (χ2n) is 4.82. The highest BCUT2D eigenvalue weighted by Crippen LogP contribution is 2.23. The van der Waals surface area contributed by atoms with Crippen molar-refractivity contribution >= 4 is 22.5 Å². The smallest absolute Gasteiger partial charge is 0.229 e. The predicted molar refractivity (Wildman–Crippen MR) is 74.3 cm³/mol. The topological polar surface area (TPSA) is 70.9 Å². The van der Waals surface area contributed by atoms with Crippen LogP contribution in [0.15, 0.2) is 30.5 Å². The van der Waals surface area contributed by atoms with Gasteiger partial charge >= 0.3 is 0 Å². The van der Waals surface area contributed by atoms with Gasteiger partial charge < -0.3 is 16.0 Å². The normalized spacial score (nSPS) is 12.9. The number of nitrogens with one attached hydrogen (secondary N) is 2. The molecule has 1 atom stereocenters. The predicted octanol–water partition coefficient (Wildman–Crippen LogP) is 2.34. The Morgan fingerprint density at radius 1 is 1.39 bits per heavy atom. The molecule has 2 aromatic rings. The van der Waals surface area contributed by atoms with Gasteiger partial charge in [0, 0.05) is 23.6 Å². The molecular formula is C14H19N3O. The largest absolute Gasteiger partial charge is 0.359 e. The standard InChI is InChI=1S/C14H19N3O/c1-9(2)11(7-15)14(18)17-13-8-16-12-6-4-3-5-10(12)13/h3-6,8-9,11,16H,7,15H2,1-2H3,(H,17,18). The molecule has 0 spiro atoms. The fourth-order valence-corrected chi connectivity index (χ4v) is 2.08. The Morgan fingerprint density at radius 3 is 2.78 bits per heavy atom. The fourth-order valence-electron chi connectivity index (χ4n) is 2.08. The number of hydrogen-bond acceptors (Lipinski definition) is 2. The SMILES string of the molecule is CC(C)C(CN)C(=O)Nc1c[nH]c2ccccc12. The number of rotatable bonds is 4. The van der Waals surface area contributed by atoms with Crippen molar-refractivity contribution in [3.05, 3.63) is 30.5 Å². The highest BCUT2D eigenvalue weighted by molar-refractivity contribution is 6.02. The number of anilines is 1. The Morgan fingerprint density at radius 2 is 2.11 bits per heavy atom. The van der Waals surface area contributed by atoms with Crippen molar-refractivity contribution in [1.29, 1.82) is 0 Å². The molecule has 0 saturated heterocycles. The zero-order chi connectivity index (χ0) is 13.1. The van der Waals surface area contributed by atoms with Crippen LogP contribution >= 0.6 is 0 Å². The summed E-state index contributed by atoms with van der Waals surface area (Å²) in [6, 6.07) is 7.87. The lowest BCUT2D eigenvalue weighted by molar-refractivity contribution is -0.120. The van der Waals surface area contributed by atoms with Crippen LogP contribution in [0.3, 0.4) is 0 Å². The van der Waals surface area contributed by atoms with Crippen molar-refractivity contribution in [2.45, 2.75) is 13.8 Å². The number of benzene rings is 1. The first-order valence-electron chi connectivity index (χ1n) is 6.20. The Hall–Kier alpha value is -1.81. The third kappa shape index (κ3) is 2.38. The molecule has 4 N–H and O–H groups in total. The average molecular weight is 245 g/mol. The van der Waals surface area contributed by atoms with Gasteiger partial charge in [-0.05, 0) is 12.0 Å². The number of hydrogen-bond donors (Lipinski definition) is 3. The van der Waals surface area contributed by atoms with E-state index in [0.717, 1.165) is 16.6 Å². The van der Waals surface area contributed by atoms with Gasteiger partial charge in [-0.25, -0.2) is 0 Å². The summed E-state index contributed by atoms with van der Waals surface area (Å²) in [4.78, 5) is 15.3. The lowest BCUT2D eigenvalue weighted by atomic mass is 9.95. The molecule has 4 heteroatoms. The minimum Gasteiger partial charge on any atom is -0.359 e. The lowest BCUT2D eigenvalue weighted by Gasteiger charge is -2.17. The van der Waals surface area contributed by atoms with Crippen LogP contribution in [0.2, 0.25) is 0 Å². The summed E-state index contributed by atoms with van der Waals surface area (Å²) < 4.78 is 0. The maximum absolute atomic E-state index is 12.1. The van der Waals surface area contributed by atoms with E-state index in [-0.39, 0.29) is 17.7 Å². The Balaban J connectivity index is 2.21. The molecule has 1 heterocycles. The Kier molecular flexibility index (Phi) is 3.67. The summed E-state index contributed by atoms with van der Waals surface area (Å²) in [5.74, 6) is 0.0659. The van der Waals surface area contributed by atoms with E-state index in [2.05, 4.69) is 10.3 Å². The van der Waals surface area contributed by atoms with Gasteiger partial charge in [0.05, 0.1) is 11.6 Å². The maximum Gasteiger partial charge on any atom is 0.229 e. The van der Waals surface area contributed by atoms with Gasteiger partial charge in [-0.1, -0.05) is 32.0 Å². The molecule has 96 valence electrons. The van der Waals surface area contributed by atoms with Gasteiger partial charge in [-0.2, -0.15) is 0 Å². The molecule has 1 amide bonds. The molecule has 2 rings (SSSR count). The van der Waals surface area contributed by atoms with E-state index in [0.29, 0.717) is 6.54 Å². The molecule has 0 saturated carbocycles. The number of H-pyrrole nitrogens is 1. The summed E-state index contributed by atoms with van der Waals surface area (Å²) in [6.45, 7) is 4.38. The fraction of sp³-hybridized carbons (Fsp3) is 0.357. The number of carbonyl (C=O) groups is 1. The highest BCUT2D eigenvalue weighted by Gasteiger charge is 2.21. The van der Waals surface area contributed by atoms with Crippen LogP contribution < -0.4 is 11.1 Å². The van der Waals surface area contributed by atoms with Gasteiger partial charge in [-0.15, -0.1) is 0 Å². The zero-order valence-corrected chi connectivity index (χ0v) is 10.7. The summed E-state index contributed by atoms with van der Waals surface area (Å²) in [7, 11) is 0. The molecule has 0 fully saturated rings. The number of fused-ring (bicyclic) bond motifs is 1. The lowest BCUT2D eigenvalue weighted by Crippen LogP contribution is -2.32. The van der Waals surface area contributed by atoms with Gasteiger partial charge in [0.2, 0.25) is 5.91 Å². The number of para-hydroxylation sites is 1. The zero-order valence-electron chi connectivity index (χ0n) is 10.7. The number of nitrogens with two attached hydrogens (primary N) is 1. The van der Waals surface area contributed by atoms with Crippen molar-refractivity contribution in [2.24, 2.45) is 17.6 Å². The first-order valence-corrected chi connectivity index (χ1v) is 6.20. The van der Waals surface area contributed by atoms with Crippen LogP contribution in [-0.2, 0) is 4.79 Å². The Bertz CT molecular complexity index is 545. The monoisotopic (exact) mass is 245 g/mol. The number of aromatic amines is 1. The third-order valence-corrected chi connectivity index (χ3v) is 3.24. The van der Waals surface area contributed by atoms with Crippen LogP contribution in [0.25, 0.3) is 10.9 Å². The first kappa shape index (κ1) is 12.6. The molecule has 18 heavy (non-hydrogen) atoms. The van der Waals surface area contributed by atoms with Crippen molar-refractivity contribution in [1.82, 2.24) is 4.98 Å². The molecule has 4 nitrogen and oxygen atoms in total. The van der Waals surface area contributed by atoms with E-state index in [4.69, 9.17) is 5.73 Å². The van der Waals surface area contributed by atoms with E-state index >= 15 is 0 Å². The van der Waals surface area contributed by atoms with Crippen molar-refractivity contribution in [3.8, 4) is 0 Å². The number of aromatic nitrogens is 1.